The van der Waals surface area contributed by atoms with Crippen LogP contribution in [-0.4, -0.2) is 50.8 Å². The van der Waals surface area contributed by atoms with Crippen molar-refractivity contribution in [2.45, 2.75) is 69.9 Å². The van der Waals surface area contributed by atoms with Crippen LogP contribution in [0, 0.1) is 0 Å². The van der Waals surface area contributed by atoms with Gasteiger partial charge in [-0.25, -0.2) is 4.79 Å². The fourth-order valence-electron chi connectivity index (χ4n) is 4.44. The third-order valence-corrected chi connectivity index (χ3v) is 6.02. The first-order valence-electron chi connectivity index (χ1n) is 11.4. The van der Waals surface area contributed by atoms with E-state index < -0.39 is 0 Å². The van der Waals surface area contributed by atoms with Crippen LogP contribution in [-0.2, 0) is 4.79 Å². The first-order valence-corrected chi connectivity index (χ1v) is 11.4. The van der Waals surface area contributed by atoms with Crippen molar-refractivity contribution in [1.29, 1.82) is 0 Å². The summed E-state index contributed by atoms with van der Waals surface area (Å²) in [5, 5.41) is 9.07. The van der Waals surface area contributed by atoms with Gasteiger partial charge in [-0.2, -0.15) is 0 Å². The summed E-state index contributed by atoms with van der Waals surface area (Å²) in [6, 6.07) is 8.34. The van der Waals surface area contributed by atoms with E-state index in [1.165, 1.54) is 19.3 Å². The zero-order valence-electron chi connectivity index (χ0n) is 18.1. The third-order valence-electron chi connectivity index (χ3n) is 6.02. The summed E-state index contributed by atoms with van der Waals surface area (Å²) in [5.74, 6) is 0.915. The number of hydrogen-bond acceptors (Lipinski definition) is 4. The van der Waals surface area contributed by atoms with Crippen molar-refractivity contribution in [3.63, 3.8) is 0 Å². The minimum atomic E-state index is -0.109. The van der Waals surface area contributed by atoms with Crippen molar-refractivity contribution in [2.75, 3.05) is 31.6 Å². The maximum absolute atomic E-state index is 12.4. The number of nitrogens with zero attached hydrogens (tertiary/aromatic N) is 1. The molecule has 7 heteroatoms. The Morgan fingerprint density at radius 3 is 2.60 bits per heavy atom. The molecule has 1 aliphatic carbocycles. The molecule has 1 aliphatic heterocycles. The standard InChI is InChI=1S/C23H36N4O3/c1-30-21-13-6-5-12-20(21)27-16-8-11-19(17-27)25-22(28)14-7-15-24-23(29)26-18-9-3-2-4-10-18/h5-6,12-13,18-19H,2-4,7-11,14-17H2,1H3,(H,25,28)(H2,24,26,29). The van der Waals surface area contributed by atoms with Gasteiger partial charge < -0.3 is 25.6 Å². The summed E-state index contributed by atoms with van der Waals surface area (Å²) in [4.78, 5) is 26.6. The lowest BCUT2D eigenvalue weighted by atomic mass is 9.96. The first-order chi connectivity index (χ1) is 14.7. The quantitative estimate of drug-likeness (QED) is 0.569. The van der Waals surface area contributed by atoms with Crippen molar-refractivity contribution >= 4 is 17.6 Å². The molecule has 1 heterocycles. The third kappa shape index (κ3) is 6.82. The summed E-state index contributed by atoms with van der Waals surface area (Å²) in [7, 11) is 1.69. The highest BCUT2D eigenvalue weighted by molar-refractivity contribution is 5.77. The van der Waals surface area contributed by atoms with Gasteiger partial charge in [-0.3, -0.25) is 4.79 Å². The van der Waals surface area contributed by atoms with Crippen molar-refractivity contribution in [1.82, 2.24) is 16.0 Å². The summed E-state index contributed by atoms with van der Waals surface area (Å²) in [6.45, 7) is 2.27. The SMILES string of the molecule is COc1ccccc1N1CCCC(NC(=O)CCCNC(=O)NC2CCCCC2)C1. The number of hydrogen-bond donors (Lipinski definition) is 3. The zero-order valence-corrected chi connectivity index (χ0v) is 18.1. The van der Waals surface area contributed by atoms with Crippen molar-refractivity contribution in [2.24, 2.45) is 0 Å². The molecule has 3 rings (SSSR count). The Morgan fingerprint density at radius 1 is 1.03 bits per heavy atom. The maximum Gasteiger partial charge on any atom is 0.315 e. The Bertz CT molecular complexity index is 691. The van der Waals surface area contributed by atoms with Gasteiger partial charge in [0.2, 0.25) is 5.91 Å². The number of methoxy groups -OCH3 is 1. The second-order valence-corrected chi connectivity index (χ2v) is 8.36. The predicted molar refractivity (Wildman–Crippen MR) is 119 cm³/mol. The van der Waals surface area contributed by atoms with Crippen LogP contribution in [0.2, 0.25) is 0 Å². The van der Waals surface area contributed by atoms with Gasteiger partial charge in [0, 0.05) is 38.1 Å². The summed E-state index contributed by atoms with van der Waals surface area (Å²) >= 11 is 0. The molecular formula is C23H36N4O3. The molecule has 0 bridgehead atoms. The zero-order chi connectivity index (χ0) is 21.2. The van der Waals surface area contributed by atoms with Crippen molar-refractivity contribution < 1.29 is 14.3 Å². The Kier molecular flexibility index (Phi) is 8.66. The lowest BCUT2D eigenvalue weighted by Gasteiger charge is -2.35. The largest absolute Gasteiger partial charge is 0.495 e. The van der Waals surface area contributed by atoms with E-state index in [2.05, 4.69) is 26.9 Å². The van der Waals surface area contributed by atoms with E-state index in [0.717, 1.165) is 50.2 Å². The summed E-state index contributed by atoms with van der Waals surface area (Å²) in [6.07, 6.45) is 8.90. The Morgan fingerprint density at radius 2 is 1.80 bits per heavy atom. The van der Waals surface area contributed by atoms with Gasteiger partial charge in [-0.05, 0) is 44.2 Å². The van der Waals surface area contributed by atoms with E-state index in [-0.39, 0.29) is 18.0 Å². The van der Waals surface area contributed by atoms with Crippen molar-refractivity contribution in [3.05, 3.63) is 24.3 Å². The van der Waals surface area contributed by atoms with E-state index in [4.69, 9.17) is 4.74 Å². The minimum absolute atomic E-state index is 0.0522. The monoisotopic (exact) mass is 416 g/mol. The molecular weight excluding hydrogens is 380 g/mol. The summed E-state index contributed by atoms with van der Waals surface area (Å²) < 4.78 is 5.48. The van der Waals surface area contributed by atoms with Gasteiger partial charge in [0.25, 0.3) is 0 Å². The number of para-hydroxylation sites is 2. The van der Waals surface area contributed by atoms with Crippen LogP contribution in [0.15, 0.2) is 24.3 Å². The van der Waals surface area contributed by atoms with Crippen LogP contribution in [0.25, 0.3) is 0 Å². The normalized spacial score (nSPS) is 19.8. The highest BCUT2D eigenvalue weighted by Gasteiger charge is 2.23. The smallest absolute Gasteiger partial charge is 0.315 e. The van der Waals surface area contributed by atoms with Gasteiger partial charge in [0.05, 0.1) is 12.8 Å². The highest BCUT2D eigenvalue weighted by atomic mass is 16.5. The number of rotatable bonds is 8. The lowest BCUT2D eigenvalue weighted by molar-refractivity contribution is -0.121. The van der Waals surface area contributed by atoms with Gasteiger partial charge >= 0.3 is 6.03 Å². The molecule has 1 saturated heterocycles. The predicted octanol–water partition coefficient (Wildman–Crippen LogP) is 3.19. The van der Waals surface area contributed by atoms with Gasteiger partial charge in [0.15, 0.2) is 0 Å². The van der Waals surface area contributed by atoms with E-state index in [1.807, 2.05) is 18.2 Å². The molecule has 0 radical (unpaired) electrons. The number of nitrogens with one attached hydrogen (secondary N) is 3. The van der Waals surface area contributed by atoms with Gasteiger partial charge in [0.1, 0.15) is 5.75 Å². The molecule has 1 aromatic rings. The molecule has 166 valence electrons. The molecule has 1 unspecified atom stereocenters. The van der Waals surface area contributed by atoms with Crippen molar-refractivity contribution in [3.8, 4) is 5.75 Å². The molecule has 3 amide bonds. The average Bonchev–Trinajstić information content (AvgIpc) is 2.77. The van der Waals surface area contributed by atoms with Crippen LogP contribution in [0.4, 0.5) is 10.5 Å². The number of urea groups is 1. The highest BCUT2D eigenvalue weighted by Crippen LogP contribution is 2.29. The molecule has 1 atom stereocenters. The number of carbonyl (C=O) groups excluding carboxylic acids is 2. The number of amides is 3. The first kappa shape index (κ1) is 22.2. The van der Waals surface area contributed by atoms with Crippen LogP contribution in [0.1, 0.15) is 57.8 Å². The Hall–Kier alpha value is -2.44. The maximum atomic E-state index is 12.4. The van der Waals surface area contributed by atoms with Crippen LogP contribution >= 0.6 is 0 Å². The molecule has 2 aliphatic rings. The van der Waals surface area contributed by atoms with E-state index in [9.17, 15) is 9.59 Å². The minimum Gasteiger partial charge on any atom is -0.495 e. The van der Waals surface area contributed by atoms with E-state index >= 15 is 0 Å². The van der Waals surface area contributed by atoms with Crippen LogP contribution in [0.3, 0.4) is 0 Å². The molecule has 0 aromatic heterocycles. The lowest BCUT2D eigenvalue weighted by Crippen LogP contribution is -2.48. The summed E-state index contributed by atoms with van der Waals surface area (Å²) in [5.41, 5.74) is 1.08. The number of piperidine rings is 1. The number of benzene rings is 1. The van der Waals surface area contributed by atoms with Crippen LogP contribution in [0.5, 0.6) is 5.75 Å². The van der Waals surface area contributed by atoms with Gasteiger partial charge in [-0.15, -0.1) is 0 Å². The topological polar surface area (TPSA) is 82.7 Å². The molecule has 1 saturated carbocycles. The molecule has 0 spiro atoms. The Balaban J connectivity index is 1.34. The number of anilines is 1. The Labute approximate surface area is 179 Å². The molecule has 7 nitrogen and oxygen atoms in total. The van der Waals surface area contributed by atoms with E-state index in [0.29, 0.717) is 25.4 Å². The fraction of sp³-hybridized carbons (Fsp3) is 0.652. The molecule has 1 aromatic carbocycles. The van der Waals surface area contributed by atoms with Crippen LogP contribution < -0.4 is 25.6 Å². The van der Waals surface area contributed by atoms with E-state index in [1.54, 1.807) is 7.11 Å². The molecule has 2 fully saturated rings. The van der Waals surface area contributed by atoms with Gasteiger partial charge in [-0.1, -0.05) is 31.4 Å². The second-order valence-electron chi connectivity index (χ2n) is 8.36. The number of carbonyl (C=O) groups is 2. The fourth-order valence-corrected chi connectivity index (χ4v) is 4.44. The molecule has 30 heavy (non-hydrogen) atoms. The second kappa shape index (κ2) is 11.7. The molecule has 3 N–H and O–H groups in total. The average molecular weight is 417 g/mol. The number of ether oxygens (including phenoxy) is 1.